The monoisotopic (exact) mass is 487 g/mol. The van der Waals surface area contributed by atoms with Gasteiger partial charge in [-0.3, -0.25) is 4.99 Å². The van der Waals surface area contributed by atoms with E-state index in [1.54, 1.807) is 6.07 Å². The first-order valence-corrected chi connectivity index (χ1v) is 9.69. The molecule has 1 aliphatic heterocycles. The first-order valence-electron chi connectivity index (χ1n) is 9.69. The highest BCUT2D eigenvalue weighted by Crippen LogP contribution is 2.19. The molecule has 1 saturated heterocycles. The lowest BCUT2D eigenvalue weighted by atomic mass is 10.1. The van der Waals surface area contributed by atoms with E-state index in [2.05, 4.69) is 34.4 Å². The summed E-state index contributed by atoms with van der Waals surface area (Å²) in [4.78, 5) is 10.4. The molecule has 2 aromatic rings. The van der Waals surface area contributed by atoms with Gasteiger partial charge in [0.05, 0.1) is 0 Å². The first-order chi connectivity index (χ1) is 12.7. The molecule has 0 spiro atoms. The summed E-state index contributed by atoms with van der Waals surface area (Å²) >= 11 is 0. The third-order valence-electron chi connectivity index (χ3n) is 5.09. The van der Waals surface area contributed by atoms with Crippen LogP contribution in [0.15, 0.2) is 29.4 Å². The fourth-order valence-corrected chi connectivity index (χ4v) is 3.59. The summed E-state index contributed by atoms with van der Waals surface area (Å²) in [6.45, 7) is 10.3. The quantitative estimate of drug-likeness (QED) is 0.319. The zero-order chi connectivity index (χ0) is 18.4. The number of aliphatic imine (C=N–C) groups is 1. The van der Waals surface area contributed by atoms with E-state index in [1.807, 2.05) is 12.3 Å². The van der Waals surface area contributed by atoms with E-state index in [4.69, 9.17) is 4.99 Å². The summed E-state index contributed by atoms with van der Waals surface area (Å²) in [6, 6.07) is 4.90. The van der Waals surface area contributed by atoms with E-state index in [0.29, 0.717) is 5.92 Å². The van der Waals surface area contributed by atoms with Crippen LogP contribution < -0.4 is 10.6 Å². The molecule has 3 N–H and O–H groups in total. The van der Waals surface area contributed by atoms with Crippen molar-refractivity contribution in [1.82, 2.24) is 20.5 Å². The standard InChI is InChI=1S/C20H30FN5.HI/c1-3-22-20(25-12-15-8-10-26(4-2)14-15)23-9-7-16-13-24-19-11-17(21)5-6-18(16)19;/h5-6,11,13,15,24H,3-4,7-10,12,14H2,1-2H3,(H2,22,23,25);1H. The van der Waals surface area contributed by atoms with E-state index in [1.165, 1.54) is 24.6 Å². The maximum atomic E-state index is 13.3. The molecule has 1 aromatic carbocycles. The lowest BCUT2D eigenvalue weighted by Crippen LogP contribution is -2.38. The molecule has 0 aliphatic carbocycles. The summed E-state index contributed by atoms with van der Waals surface area (Å²) in [7, 11) is 0. The Kier molecular flexibility index (Phi) is 8.82. The molecule has 3 rings (SSSR count). The molecule has 27 heavy (non-hydrogen) atoms. The Balaban J connectivity index is 0.00000261. The van der Waals surface area contributed by atoms with Gasteiger partial charge in [-0.25, -0.2) is 4.39 Å². The Morgan fingerprint density at radius 2 is 2.19 bits per heavy atom. The predicted octanol–water partition coefficient (Wildman–Crippen LogP) is 3.36. The molecule has 7 heteroatoms. The van der Waals surface area contributed by atoms with Gasteiger partial charge in [0.15, 0.2) is 5.96 Å². The Morgan fingerprint density at radius 3 is 2.93 bits per heavy atom. The number of aromatic nitrogens is 1. The van der Waals surface area contributed by atoms with Gasteiger partial charge in [-0.2, -0.15) is 0 Å². The Labute approximate surface area is 178 Å². The number of nitrogens with zero attached hydrogens (tertiary/aromatic N) is 2. The molecule has 0 amide bonds. The molecule has 1 aliphatic rings. The van der Waals surface area contributed by atoms with Gasteiger partial charge in [-0.15, -0.1) is 24.0 Å². The molecule has 5 nitrogen and oxygen atoms in total. The van der Waals surface area contributed by atoms with Gasteiger partial charge in [0, 0.05) is 43.3 Å². The van der Waals surface area contributed by atoms with Crippen molar-refractivity contribution in [2.24, 2.45) is 10.9 Å². The Bertz CT molecular complexity index is 745. The van der Waals surface area contributed by atoms with Gasteiger partial charge in [-0.1, -0.05) is 6.92 Å². The van der Waals surface area contributed by atoms with E-state index in [-0.39, 0.29) is 29.8 Å². The van der Waals surface area contributed by atoms with E-state index < -0.39 is 0 Å². The smallest absolute Gasteiger partial charge is 0.191 e. The van der Waals surface area contributed by atoms with Gasteiger partial charge in [0.1, 0.15) is 5.82 Å². The van der Waals surface area contributed by atoms with Crippen LogP contribution in [0.1, 0.15) is 25.8 Å². The minimum absolute atomic E-state index is 0. The lowest BCUT2D eigenvalue weighted by Gasteiger charge is -2.14. The maximum Gasteiger partial charge on any atom is 0.191 e. The maximum absolute atomic E-state index is 13.3. The highest BCUT2D eigenvalue weighted by Gasteiger charge is 2.20. The molecule has 0 radical (unpaired) electrons. The second-order valence-corrected chi connectivity index (χ2v) is 6.95. The van der Waals surface area contributed by atoms with Crippen LogP contribution in [0.5, 0.6) is 0 Å². The molecule has 0 bridgehead atoms. The first kappa shape index (κ1) is 21.9. The van der Waals surface area contributed by atoms with Crippen molar-refractivity contribution in [3.05, 3.63) is 35.8 Å². The van der Waals surface area contributed by atoms with Crippen LogP contribution in [0, 0.1) is 11.7 Å². The summed E-state index contributed by atoms with van der Waals surface area (Å²) in [6.07, 6.45) is 4.07. The van der Waals surface area contributed by atoms with Crippen LogP contribution in [-0.2, 0) is 6.42 Å². The fourth-order valence-electron chi connectivity index (χ4n) is 3.59. The molecule has 2 heterocycles. The zero-order valence-corrected chi connectivity index (χ0v) is 18.6. The van der Waals surface area contributed by atoms with Crippen molar-refractivity contribution < 1.29 is 4.39 Å². The number of H-pyrrole nitrogens is 1. The molecular weight excluding hydrogens is 456 g/mol. The molecule has 150 valence electrons. The predicted molar refractivity (Wildman–Crippen MR) is 122 cm³/mol. The second-order valence-electron chi connectivity index (χ2n) is 6.95. The van der Waals surface area contributed by atoms with Gasteiger partial charge >= 0.3 is 0 Å². The number of hydrogen-bond acceptors (Lipinski definition) is 2. The number of halogens is 2. The third-order valence-corrected chi connectivity index (χ3v) is 5.09. The normalized spacial score (nSPS) is 17.9. The molecular formula is C20H31FIN5. The summed E-state index contributed by atoms with van der Waals surface area (Å²) in [5, 5.41) is 7.83. The van der Waals surface area contributed by atoms with Gasteiger partial charge in [-0.05, 0) is 62.5 Å². The topological polar surface area (TPSA) is 55.5 Å². The van der Waals surface area contributed by atoms with Crippen molar-refractivity contribution in [1.29, 1.82) is 0 Å². The average molecular weight is 487 g/mol. The summed E-state index contributed by atoms with van der Waals surface area (Å²) < 4.78 is 13.3. The lowest BCUT2D eigenvalue weighted by molar-refractivity contribution is 0.343. The van der Waals surface area contributed by atoms with E-state index >= 15 is 0 Å². The summed E-state index contributed by atoms with van der Waals surface area (Å²) in [5.74, 6) is 1.33. The van der Waals surface area contributed by atoms with Gasteiger partial charge in [0.2, 0.25) is 0 Å². The number of rotatable bonds is 7. The average Bonchev–Trinajstić information content (AvgIpc) is 3.26. The van der Waals surface area contributed by atoms with Gasteiger partial charge in [0.25, 0.3) is 0 Å². The number of nitrogens with one attached hydrogen (secondary N) is 3. The molecule has 1 aromatic heterocycles. The summed E-state index contributed by atoms with van der Waals surface area (Å²) in [5.41, 5.74) is 2.04. The van der Waals surface area contributed by atoms with Crippen molar-refractivity contribution in [2.45, 2.75) is 26.7 Å². The number of aromatic amines is 1. The number of fused-ring (bicyclic) bond motifs is 1. The zero-order valence-electron chi connectivity index (χ0n) is 16.2. The number of guanidine groups is 1. The fraction of sp³-hybridized carbons (Fsp3) is 0.550. The third kappa shape index (κ3) is 6.07. The van der Waals surface area contributed by atoms with Crippen LogP contribution >= 0.6 is 24.0 Å². The molecule has 1 atom stereocenters. The van der Waals surface area contributed by atoms with Crippen LogP contribution in [-0.4, -0.2) is 55.1 Å². The molecule has 1 unspecified atom stereocenters. The van der Waals surface area contributed by atoms with Crippen molar-refractivity contribution in [3.63, 3.8) is 0 Å². The van der Waals surface area contributed by atoms with E-state index in [9.17, 15) is 4.39 Å². The van der Waals surface area contributed by atoms with Crippen molar-refractivity contribution >= 4 is 40.8 Å². The Hall–Kier alpha value is -1.35. The van der Waals surface area contributed by atoms with Crippen LogP contribution in [0.25, 0.3) is 10.9 Å². The minimum Gasteiger partial charge on any atom is -0.361 e. The number of hydrogen-bond donors (Lipinski definition) is 3. The molecule has 1 fully saturated rings. The van der Waals surface area contributed by atoms with E-state index in [0.717, 1.165) is 56.0 Å². The van der Waals surface area contributed by atoms with Crippen LogP contribution in [0.3, 0.4) is 0 Å². The highest BCUT2D eigenvalue weighted by molar-refractivity contribution is 14.0. The second kappa shape index (κ2) is 10.8. The number of benzene rings is 1. The Morgan fingerprint density at radius 1 is 1.33 bits per heavy atom. The minimum atomic E-state index is -0.209. The molecule has 0 saturated carbocycles. The largest absolute Gasteiger partial charge is 0.361 e. The van der Waals surface area contributed by atoms with Crippen molar-refractivity contribution in [3.8, 4) is 0 Å². The highest BCUT2D eigenvalue weighted by atomic mass is 127. The van der Waals surface area contributed by atoms with Gasteiger partial charge < -0.3 is 20.5 Å². The van der Waals surface area contributed by atoms with Crippen molar-refractivity contribution in [2.75, 3.05) is 39.3 Å². The van der Waals surface area contributed by atoms with Crippen LogP contribution in [0.4, 0.5) is 4.39 Å². The SMILES string of the molecule is CCNC(=NCC1CCN(CC)C1)NCCc1c[nH]c2cc(F)ccc12.I. The number of likely N-dealkylation sites (tertiary alicyclic amines) is 1. The van der Waals surface area contributed by atoms with Crippen LogP contribution in [0.2, 0.25) is 0 Å².